The lowest BCUT2D eigenvalue weighted by Gasteiger charge is -2.12. The molecule has 0 aromatic heterocycles. The van der Waals surface area contributed by atoms with E-state index in [1.54, 1.807) is 18.9 Å². The smallest absolute Gasteiger partial charge is 0.252 e. The highest BCUT2D eigenvalue weighted by Gasteiger charge is 2.45. The Kier molecular flexibility index (Phi) is 3.26. The maximum Gasteiger partial charge on any atom is 0.252 e. The van der Waals surface area contributed by atoms with Crippen LogP contribution in [-0.2, 0) is 4.74 Å². The second-order valence-corrected chi connectivity index (χ2v) is 6.09. The standard InChI is InChI=1S/C18H16O3S/c1-19-12-9-7-11(8-10-12)16-17(22-2)15-13-5-3-4-6-14(13)20-18(15)21-16/h3-10,15,18H,1-2H3. The predicted molar refractivity (Wildman–Crippen MR) is 88.1 cm³/mol. The highest BCUT2D eigenvalue weighted by atomic mass is 32.2. The van der Waals surface area contributed by atoms with E-state index in [9.17, 15) is 0 Å². The van der Waals surface area contributed by atoms with Gasteiger partial charge in [-0.25, -0.2) is 0 Å². The van der Waals surface area contributed by atoms with E-state index >= 15 is 0 Å². The molecular formula is C18H16O3S. The van der Waals surface area contributed by atoms with E-state index in [0.717, 1.165) is 22.8 Å². The molecule has 0 fully saturated rings. The third kappa shape index (κ3) is 1.98. The van der Waals surface area contributed by atoms with Crippen molar-refractivity contribution in [3.05, 3.63) is 64.6 Å². The number of benzene rings is 2. The Morgan fingerprint density at radius 1 is 1.00 bits per heavy atom. The van der Waals surface area contributed by atoms with Gasteiger partial charge in [-0.2, -0.15) is 0 Å². The summed E-state index contributed by atoms with van der Waals surface area (Å²) >= 11 is 1.73. The van der Waals surface area contributed by atoms with Gasteiger partial charge in [0, 0.05) is 16.0 Å². The van der Waals surface area contributed by atoms with E-state index in [1.807, 2.05) is 42.5 Å². The van der Waals surface area contributed by atoms with Gasteiger partial charge in [-0.1, -0.05) is 18.2 Å². The van der Waals surface area contributed by atoms with Crippen LogP contribution in [-0.4, -0.2) is 19.7 Å². The molecule has 0 saturated carbocycles. The monoisotopic (exact) mass is 312 g/mol. The molecule has 2 unspecified atom stereocenters. The number of rotatable bonds is 3. The summed E-state index contributed by atoms with van der Waals surface area (Å²) in [6, 6.07) is 16.1. The summed E-state index contributed by atoms with van der Waals surface area (Å²) in [4.78, 5) is 1.22. The normalized spacial score (nSPS) is 21.9. The average Bonchev–Trinajstić information content (AvgIpc) is 3.10. The molecule has 0 bridgehead atoms. The Balaban J connectivity index is 1.77. The zero-order chi connectivity index (χ0) is 15.1. The first kappa shape index (κ1) is 13.6. The lowest BCUT2D eigenvalue weighted by atomic mass is 9.99. The van der Waals surface area contributed by atoms with Crippen LogP contribution in [0.5, 0.6) is 11.5 Å². The highest BCUT2D eigenvalue weighted by Crippen LogP contribution is 2.53. The molecule has 22 heavy (non-hydrogen) atoms. The number of fused-ring (bicyclic) bond motifs is 3. The van der Waals surface area contributed by atoms with Gasteiger partial charge in [0.05, 0.1) is 13.0 Å². The molecule has 0 spiro atoms. The number of ether oxygens (including phenoxy) is 3. The molecule has 4 heteroatoms. The van der Waals surface area contributed by atoms with Crippen LogP contribution in [0.2, 0.25) is 0 Å². The summed E-state index contributed by atoms with van der Waals surface area (Å²) < 4.78 is 17.3. The second kappa shape index (κ2) is 5.29. The molecule has 0 saturated heterocycles. The molecule has 2 aliphatic heterocycles. The molecule has 0 amide bonds. The topological polar surface area (TPSA) is 27.7 Å². The molecule has 112 valence electrons. The third-order valence-corrected chi connectivity index (χ3v) is 4.96. The van der Waals surface area contributed by atoms with Crippen LogP contribution in [0, 0.1) is 0 Å². The largest absolute Gasteiger partial charge is 0.497 e. The molecule has 2 aliphatic rings. The third-order valence-electron chi connectivity index (χ3n) is 4.08. The number of methoxy groups -OCH3 is 1. The number of hydrogen-bond donors (Lipinski definition) is 0. The van der Waals surface area contributed by atoms with Crippen molar-refractivity contribution in [3.8, 4) is 11.5 Å². The van der Waals surface area contributed by atoms with E-state index < -0.39 is 0 Å². The Morgan fingerprint density at radius 2 is 1.77 bits per heavy atom. The van der Waals surface area contributed by atoms with Crippen LogP contribution in [0.4, 0.5) is 0 Å². The summed E-state index contributed by atoms with van der Waals surface area (Å²) in [6.07, 6.45) is 1.84. The molecule has 0 radical (unpaired) electrons. The Labute approximate surface area is 133 Å². The van der Waals surface area contributed by atoms with E-state index in [0.29, 0.717) is 0 Å². The van der Waals surface area contributed by atoms with E-state index in [4.69, 9.17) is 14.2 Å². The van der Waals surface area contributed by atoms with Crippen molar-refractivity contribution in [2.75, 3.05) is 13.4 Å². The molecule has 2 atom stereocenters. The van der Waals surface area contributed by atoms with Gasteiger partial charge in [0.15, 0.2) is 0 Å². The zero-order valence-electron chi connectivity index (χ0n) is 12.4. The van der Waals surface area contributed by atoms with Gasteiger partial charge >= 0.3 is 0 Å². The first-order valence-corrected chi connectivity index (χ1v) is 8.39. The van der Waals surface area contributed by atoms with Crippen molar-refractivity contribution in [1.82, 2.24) is 0 Å². The molecule has 2 heterocycles. The molecule has 2 aromatic rings. The fourth-order valence-electron chi connectivity index (χ4n) is 3.03. The van der Waals surface area contributed by atoms with Gasteiger partial charge in [-0.3, -0.25) is 0 Å². The van der Waals surface area contributed by atoms with Gasteiger partial charge in [0.25, 0.3) is 6.29 Å². The lowest BCUT2D eigenvalue weighted by Crippen LogP contribution is -2.15. The van der Waals surface area contributed by atoms with Crippen LogP contribution < -0.4 is 9.47 Å². The summed E-state index contributed by atoms with van der Waals surface area (Å²) in [6.45, 7) is 0. The maximum absolute atomic E-state index is 6.13. The SMILES string of the molecule is COc1ccc(C2=C(SC)C3c4ccccc4OC3O2)cc1. The minimum atomic E-state index is -0.253. The van der Waals surface area contributed by atoms with E-state index in [-0.39, 0.29) is 12.2 Å². The highest BCUT2D eigenvalue weighted by molar-refractivity contribution is 8.02. The average molecular weight is 312 g/mol. The Morgan fingerprint density at radius 3 is 2.50 bits per heavy atom. The number of thioether (sulfide) groups is 1. The second-order valence-electron chi connectivity index (χ2n) is 5.25. The summed E-state index contributed by atoms with van der Waals surface area (Å²) in [5.74, 6) is 2.86. The van der Waals surface area contributed by atoms with Crippen molar-refractivity contribution in [3.63, 3.8) is 0 Å². The molecule has 0 aliphatic carbocycles. The van der Waals surface area contributed by atoms with Gasteiger partial charge in [0.1, 0.15) is 17.3 Å². The van der Waals surface area contributed by atoms with E-state index in [2.05, 4.69) is 12.3 Å². The fourth-order valence-corrected chi connectivity index (χ4v) is 3.87. The van der Waals surface area contributed by atoms with Crippen molar-refractivity contribution in [1.29, 1.82) is 0 Å². The summed E-state index contributed by atoms with van der Waals surface area (Å²) in [7, 11) is 1.67. The zero-order valence-corrected chi connectivity index (χ0v) is 13.2. The van der Waals surface area contributed by atoms with Crippen molar-refractivity contribution >= 4 is 17.5 Å². The van der Waals surface area contributed by atoms with Crippen LogP contribution >= 0.6 is 11.8 Å². The van der Waals surface area contributed by atoms with Crippen LogP contribution in [0.3, 0.4) is 0 Å². The molecule has 3 nitrogen and oxygen atoms in total. The van der Waals surface area contributed by atoms with Gasteiger partial charge < -0.3 is 14.2 Å². The molecular weight excluding hydrogens is 296 g/mol. The first-order chi connectivity index (χ1) is 10.8. The summed E-state index contributed by atoms with van der Waals surface area (Å²) in [5.41, 5.74) is 2.26. The Hall–Kier alpha value is -2.07. The van der Waals surface area contributed by atoms with Crippen molar-refractivity contribution < 1.29 is 14.2 Å². The molecule has 0 N–H and O–H groups in total. The van der Waals surface area contributed by atoms with Crippen LogP contribution in [0.1, 0.15) is 17.0 Å². The number of hydrogen-bond acceptors (Lipinski definition) is 4. The molecule has 2 aromatic carbocycles. The van der Waals surface area contributed by atoms with Gasteiger partial charge in [-0.15, -0.1) is 11.8 Å². The van der Waals surface area contributed by atoms with Crippen molar-refractivity contribution in [2.45, 2.75) is 12.2 Å². The minimum absolute atomic E-state index is 0.170. The lowest BCUT2D eigenvalue weighted by molar-refractivity contribution is 0.00640. The Bertz CT molecular complexity index is 736. The first-order valence-electron chi connectivity index (χ1n) is 7.16. The quantitative estimate of drug-likeness (QED) is 0.846. The van der Waals surface area contributed by atoms with Gasteiger partial charge in [0.2, 0.25) is 0 Å². The van der Waals surface area contributed by atoms with Crippen LogP contribution in [0.15, 0.2) is 53.4 Å². The minimum Gasteiger partial charge on any atom is -0.497 e. The van der Waals surface area contributed by atoms with Gasteiger partial charge in [-0.05, 0) is 36.6 Å². The maximum atomic E-state index is 6.13. The van der Waals surface area contributed by atoms with Crippen molar-refractivity contribution in [2.24, 2.45) is 0 Å². The molecule has 4 rings (SSSR count). The van der Waals surface area contributed by atoms with E-state index in [1.165, 1.54) is 10.5 Å². The predicted octanol–water partition coefficient (Wildman–Crippen LogP) is 4.26. The summed E-state index contributed by atoms with van der Waals surface area (Å²) in [5, 5.41) is 0. The fraction of sp³-hybridized carbons (Fsp3) is 0.222. The number of para-hydroxylation sites is 1. The van der Waals surface area contributed by atoms with Crippen LogP contribution in [0.25, 0.3) is 5.76 Å².